The maximum Gasteiger partial charge on any atom is 0.252 e. The van der Waals surface area contributed by atoms with Crippen LogP contribution in [0.15, 0.2) is 42.7 Å². The molecule has 0 fully saturated rings. The second kappa shape index (κ2) is 5.54. The van der Waals surface area contributed by atoms with Gasteiger partial charge in [0, 0.05) is 5.56 Å². The number of hydrogen-bond donors (Lipinski definition) is 1. The van der Waals surface area contributed by atoms with Gasteiger partial charge in [-0.1, -0.05) is 0 Å². The quantitative estimate of drug-likeness (QED) is 0.782. The van der Waals surface area contributed by atoms with E-state index in [0.29, 0.717) is 17.0 Å². The lowest BCUT2D eigenvalue weighted by atomic mass is 10.1. The van der Waals surface area contributed by atoms with E-state index in [4.69, 9.17) is 15.7 Å². The van der Waals surface area contributed by atoms with Gasteiger partial charge in [0.1, 0.15) is 18.1 Å². The third-order valence-corrected chi connectivity index (χ3v) is 3.14. The number of amides is 1. The van der Waals surface area contributed by atoms with Crippen molar-refractivity contribution in [3.63, 3.8) is 0 Å². The molecule has 0 unspecified atom stereocenters. The number of nitrogens with two attached hydrogens (primary N) is 1. The number of carbonyl (C=O) groups is 1. The summed E-state index contributed by atoms with van der Waals surface area (Å²) >= 11 is 0. The molecule has 1 amide bonds. The van der Waals surface area contributed by atoms with Crippen molar-refractivity contribution in [2.45, 2.75) is 0 Å². The van der Waals surface area contributed by atoms with Gasteiger partial charge in [-0.2, -0.15) is 10.4 Å². The van der Waals surface area contributed by atoms with Gasteiger partial charge in [-0.15, -0.1) is 0 Å². The molecule has 0 spiro atoms. The minimum atomic E-state index is -0.551. The van der Waals surface area contributed by atoms with Crippen LogP contribution < -0.4 is 10.5 Å². The van der Waals surface area contributed by atoms with Crippen LogP contribution in [0.2, 0.25) is 0 Å². The van der Waals surface area contributed by atoms with Crippen molar-refractivity contribution in [1.82, 2.24) is 14.6 Å². The van der Waals surface area contributed by atoms with Crippen LogP contribution >= 0.6 is 0 Å². The SMILES string of the molecule is N#CCOc1ccc(-c2ccc(C(N)=O)c3ncnn23)cc1. The summed E-state index contributed by atoms with van der Waals surface area (Å²) in [6.07, 6.45) is 1.37. The highest BCUT2D eigenvalue weighted by Gasteiger charge is 2.13. The summed E-state index contributed by atoms with van der Waals surface area (Å²) < 4.78 is 6.77. The standard InChI is InChI=1S/C15H11N5O2/c16-7-8-22-11-3-1-10(2-4-11)13-6-5-12(14(17)21)15-18-9-19-20(13)15/h1-6,9H,8H2,(H2,17,21). The summed E-state index contributed by atoms with van der Waals surface area (Å²) in [6.45, 7) is -0.0000231. The fourth-order valence-corrected chi connectivity index (χ4v) is 2.16. The Bertz CT molecular complexity index is 877. The van der Waals surface area contributed by atoms with Crippen LogP contribution in [0.5, 0.6) is 5.75 Å². The van der Waals surface area contributed by atoms with Gasteiger partial charge in [0.15, 0.2) is 12.3 Å². The van der Waals surface area contributed by atoms with Crippen LogP contribution in [-0.2, 0) is 0 Å². The monoisotopic (exact) mass is 293 g/mol. The van der Waals surface area contributed by atoms with E-state index in [0.717, 1.165) is 11.3 Å². The Balaban J connectivity index is 2.04. The highest BCUT2D eigenvalue weighted by Crippen LogP contribution is 2.24. The Labute approximate surface area is 125 Å². The lowest BCUT2D eigenvalue weighted by Gasteiger charge is -2.08. The maximum atomic E-state index is 11.4. The average molecular weight is 293 g/mol. The molecular formula is C15H11N5O2. The molecule has 3 rings (SSSR count). The molecule has 1 aromatic carbocycles. The maximum absolute atomic E-state index is 11.4. The summed E-state index contributed by atoms with van der Waals surface area (Å²) in [7, 11) is 0. The normalized spacial score (nSPS) is 10.3. The highest BCUT2D eigenvalue weighted by molar-refractivity contribution is 5.99. The molecule has 2 aromatic heterocycles. The van der Waals surface area contributed by atoms with Crippen LogP contribution in [0.3, 0.4) is 0 Å². The van der Waals surface area contributed by atoms with Crippen molar-refractivity contribution in [1.29, 1.82) is 5.26 Å². The number of primary amides is 1. The number of nitrogens with zero attached hydrogens (tertiary/aromatic N) is 4. The Kier molecular flexibility index (Phi) is 3.42. The predicted molar refractivity (Wildman–Crippen MR) is 78.0 cm³/mol. The molecule has 108 valence electrons. The van der Waals surface area contributed by atoms with Gasteiger partial charge < -0.3 is 10.5 Å². The number of fused-ring (bicyclic) bond motifs is 1. The summed E-state index contributed by atoms with van der Waals surface area (Å²) in [4.78, 5) is 15.5. The van der Waals surface area contributed by atoms with E-state index in [1.54, 1.807) is 28.8 Å². The summed E-state index contributed by atoms with van der Waals surface area (Å²) in [6, 6.07) is 12.5. The molecule has 7 heteroatoms. The van der Waals surface area contributed by atoms with Gasteiger partial charge in [0.25, 0.3) is 5.91 Å². The molecule has 0 atom stereocenters. The molecule has 22 heavy (non-hydrogen) atoms. The van der Waals surface area contributed by atoms with Gasteiger partial charge in [-0.3, -0.25) is 4.79 Å². The molecule has 0 saturated carbocycles. The van der Waals surface area contributed by atoms with E-state index in [1.807, 2.05) is 18.2 Å². The first kappa shape index (κ1) is 13.6. The zero-order valence-electron chi connectivity index (χ0n) is 11.4. The largest absolute Gasteiger partial charge is 0.479 e. The topological polar surface area (TPSA) is 106 Å². The fraction of sp³-hybridized carbons (Fsp3) is 0.0667. The van der Waals surface area contributed by atoms with Crippen molar-refractivity contribution in [2.75, 3.05) is 6.61 Å². The Hall–Kier alpha value is -3.40. The molecule has 0 aliphatic heterocycles. The van der Waals surface area contributed by atoms with E-state index >= 15 is 0 Å². The summed E-state index contributed by atoms with van der Waals surface area (Å²) in [5.74, 6) is 0.0543. The number of hydrogen-bond acceptors (Lipinski definition) is 5. The lowest BCUT2D eigenvalue weighted by Crippen LogP contribution is -2.13. The van der Waals surface area contributed by atoms with Gasteiger partial charge in [0.2, 0.25) is 0 Å². The second-order valence-corrected chi connectivity index (χ2v) is 4.46. The van der Waals surface area contributed by atoms with Crippen LogP contribution in [-0.4, -0.2) is 27.1 Å². The Morgan fingerprint density at radius 3 is 2.73 bits per heavy atom. The van der Waals surface area contributed by atoms with E-state index in [2.05, 4.69) is 10.1 Å². The number of ether oxygens (including phenoxy) is 1. The zero-order chi connectivity index (χ0) is 15.5. The molecule has 2 heterocycles. The molecule has 7 nitrogen and oxygen atoms in total. The number of nitriles is 1. The van der Waals surface area contributed by atoms with Crippen molar-refractivity contribution < 1.29 is 9.53 Å². The van der Waals surface area contributed by atoms with E-state index < -0.39 is 5.91 Å². The van der Waals surface area contributed by atoms with Gasteiger partial charge >= 0.3 is 0 Å². The third kappa shape index (κ3) is 2.33. The molecule has 0 aliphatic carbocycles. The molecule has 2 N–H and O–H groups in total. The summed E-state index contributed by atoms with van der Waals surface area (Å²) in [5, 5.41) is 12.6. The van der Waals surface area contributed by atoms with Crippen molar-refractivity contribution in [2.24, 2.45) is 5.73 Å². The average Bonchev–Trinajstić information content (AvgIpc) is 3.02. The van der Waals surface area contributed by atoms with Crippen LogP contribution in [0.25, 0.3) is 16.9 Å². The molecular weight excluding hydrogens is 282 g/mol. The molecule has 0 saturated heterocycles. The fourth-order valence-electron chi connectivity index (χ4n) is 2.16. The van der Waals surface area contributed by atoms with Crippen LogP contribution in [0.4, 0.5) is 0 Å². The van der Waals surface area contributed by atoms with E-state index in [1.165, 1.54) is 6.33 Å². The first-order valence-electron chi connectivity index (χ1n) is 6.43. The molecule has 0 aliphatic rings. The number of benzene rings is 1. The minimum absolute atomic E-state index is 0.0000231. The highest BCUT2D eigenvalue weighted by atomic mass is 16.5. The first-order chi connectivity index (χ1) is 10.7. The lowest BCUT2D eigenvalue weighted by molar-refractivity contribution is 0.100. The van der Waals surface area contributed by atoms with Crippen LogP contribution in [0, 0.1) is 11.3 Å². The Morgan fingerprint density at radius 2 is 2.05 bits per heavy atom. The van der Waals surface area contributed by atoms with Gasteiger partial charge in [0.05, 0.1) is 11.3 Å². The van der Waals surface area contributed by atoms with Crippen molar-refractivity contribution >= 4 is 11.6 Å². The zero-order valence-corrected chi connectivity index (χ0v) is 11.4. The molecule has 0 bridgehead atoms. The number of rotatable bonds is 4. The Morgan fingerprint density at radius 1 is 1.27 bits per heavy atom. The molecule has 3 aromatic rings. The first-order valence-corrected chi connectivity index (χ1v) is 6.43. The summed E-state index contributed by atoms with van der Waals surface area (Å²) in [5.41, 5.74) is 7.70. The smallest absolute Gasteiger partial charge is 0.252 e. The number of pyridine rings is 1. The minimum Gasteiger partial charge on any atom is -0.479 e. The number of aromatic nitrogens is 3. The third-order valence-electron chi connectivity index (χ3n) is 3.14. The van der Waals surface area contributed by atoms with E-state index in [9.17, 15) is 4.79 Å². The van der Waals surface area contributed by atoms with Crippen LogP contribution in [0.1, 0.15) is 10.4 Å². The van der Waals surface area contributed by atoms with Crippen molar-refractivity contribution in [3.05, 3.63) is 48.3 Å². The van der Waals surface area contributed by atoms with Gasteiger partial charge in [-0.25, -0.2) is 9.50 Å². The predicted octanol–water partition coefficient (Wildman–Crippen LogP) is 1.40. The van der Waals surface area contributed by atoms with E-state index in [-0.39, 0.29) is 6.61 Å². The van der Waals surface area contributed by atoms with Crippen molar-refractivity contribution in [3.8, 4) is 23.1 Å². The molecule has 0 radical (unpaired) electrons. The number of carbonyl (C=O) groups excluding carboxylic acids is 1. The second-order valence-electron chi connectivity index (χ2n) is 4.46. The van der Waals surface area contributed by atoms with Gasteiger partial charge in [-0.05, 0) is 36.4 Å².